The molecule has 2 rings (SSSR count). The summed E-state index contributed by atoms with van der Waals surface area (Å²) in [5.74, 6) is 0. The second-order valence-corrected chi connectivity index (χ2v) is 4.26. The van der Waals surface area contributed by atoms with Crippen LogP contribution in [0.25, 0.3) is 0 Å². The zero-order valence-electron chi connectivity index (χ0n) is 11.5. The van der Waals surface area contributed by atoms with Crippen LogP contribution in [0.3, 0.4) is 0 Å². The summed E-state index contributed by atoms with van der Waals surface area (Å²) in [6.45, 7) is 7.64. The van der Waals surface area contributed by atoms with Crippen molar-refractivity contribution in [3.63, 3.8) is 0 Å². The van der Waals surface area contributed by atoms with Gasteiger partial charge in [-0.2, -0.15) is 6.54 Å². The predicted octanol–water partition coefficient (Wildman–Crippen LogP) is 1.04. The second-order valence-electron chi connectivity index (χ2n) is 4.26. The minimum Gasteiger partial charge on any atom is -0.352 e. The van der Waals surface area contributed by atoms with E-state index in [1.54, 1.807) is 0 Å². The summed E-state index contributed by atoms with van der Waals surface area (Å²) in [5.41, 5.74) is 2.62. The van der Waals surface area contributed by atoms with Crippen LogP contribution in [-0.2, 0) is 13.1 Å². The minimum atomic E-state index is 0. The molecule has 0 aromatic heterocycles. The Kier molecular flexibility index (Phi) is 7.14. The van der Waals surface area contributed by atoms with E-state index in [0.29, 0.717) is 0 Å². The molecule has 0 atom stereocenters. The van der Waals surface area contributed by atoms with Gasteiger partial charge in [-0.15, -0.1) is 0 Å². The van der Waals surface area contributed by atoms with Crippen molar-refractivity contribution in [2.75, 3.05) is 0 Å². The molecule has 0 heterocycles. The van der Waals surface area contributed by atoms with Gasteiger partial charge in [0.2, 0.25) is 0 Å². The van der Waals surface area contributed by atoms with Crippen molar-refractivity contribution in [1.82, 2.24) is 4.90 Å². The quantitative estimate of drug-likeness (QED) is 0.541. The molecule has 0 radical (unpaired) electrons. The predicted molar refractivity (Wildman–Crippen MR) is 76.6 cm³/mol. The summed E-state index contributed by atoms with van der Waals surface area (Å²) < 4.78 is 0. The molecule has 19 heavy (non-hydrogen) atoms. The summed E-state index contributed by atoms with van der Waals surface area (Å²) in [7, 11) is 0. The second kappa shape index (κ2) is 8.66. The van der Waals surface area contributed by atoms with E-state index in [4.69, 9.17) is 0 Å². The summed E-state index contributed by atoms with van der Waals surface area (Å²) in [6, 6.07) is 21.0. The Hall–Kier alpha value is -1.39. The molecule has 0 bridgehead atoms. The van der Waals surface area contributed by atoms with Crippen molar-refractivity contribution in [1.29, 1.82) is 0 Å². The van der Waals surface area contributed by atoms with E-state index in [1.165, 1.54) is 11.1 Å². The SMILES string of the molecule is C=C[CH-]N(Cc1ccccc1)Cc1ccccc1.[Li+]. The largest absolute Gasteiger partial charge is 1.00 e. The molecule has 0 fully saturated rings. The van der Waals surface area contributed by atoms with Crippen molar-refractivity contribution >= 4 is 0 Å². The summed E-state index contributed by atoms with van der Waals surface area (Å²) in [5, 5.41) is 0. The van der Waals surface area contributed by atoms with Gasteiger partial charge in [0.1, 0.15) is 0 Å². The monoisotopic (exact) mass is 243 g/mol. The Morgan fingerprint density at radius 2 is 1.26 bits per heavy atom. The summed E-state index contributed by atoms with van der Waals surface area (Å²) >= 11 is 0. The normalized spacial score (nSPS) is 9.74. The topological polar surface area (TPSA) is 3.24 Å². The van der Waals surface area contributed by atoms with Crippen LogP contribution in [0.5, 0.6) is 0 Å². The molecular formula is C17H18LiN. The third-order valence-corrected chi connectivity index (χ3v) is 2.77. The number of rotatable bonds is 6. The van der Waals surface area contributed by atoms with Gasteiger partial charge in [-0.05, 0) is 11.1 Å². The average molecular weight is 243 g/mol. The van der Waals surface area contributed by atoms with Crippen LogP contribution in [0, 0.1) is 6.54 Å². The molecule has 92 valence electrons. The Bertz CT molecular complexity index is 426. The molecule has 2 aromatic carbocycles. The zero-order valence-corrected chi connectivity index (χ0v) is 11.5. The molecule has 2 heteroatoms. The van der Waals surface area contributed by atoms with Gasteiger partial charge >= 0.3 is 18.9 Å². The first kappa shape index (κ1) is 15.7. The van der Waals surface area contributed by atoms with Crippen LogP contribution in [0.15, 0.2) is 73.3 Å². The number of nitrogens with zero attached hydrogens (tertiary/aromatic N) is 1. The molecule has 0 N–H and O–H groups in total. The first-order valence-corrected chi connectivity index (χ1v) is 6.16. The van der Waals surface area contributed by atoms with Gasteiger partial charge in [-0.3, -0.25) is 0 Å². The number of hydrogen-bond acceptors (Lipinski definition) is 1. The van der Waals surface area contributed by atoms with E-state index in [9.17, 15) is 0 Å². The van der Waals surface area contributed by atoms with Crippen molar-refractivity contribution in [3.05, 3.63) is 91.0 Å². The molecule has 0 unspecified atom stereocenters. The summed E-state index contributed by atoms with van der Waals surface area (Å²) in [4.78, 5) is 2.26. The first-order chi connectivity index (χ1) is 8.88. The molecular weight excluding hydrogens is 225 g/mol. The fraction of sp³-hybridized carbons (Fsp3) is 0.118. The van der Waals surface area contributed by atoms with Crippen molar-refractivity contribution in [3.8, 4) is 0 Å². The van der Waals surface area contributed by atoms with Gasteiger partial charge in [-0.1, -0.05) is 60.7 Å². The maximum atomic E-state index is 3.79. The standard InChI is InChI=1S/C17H18N.Li/c1-2-13-18(14-16-9-5-3-6-10-16)15-17-11-7-4-8-12-17;/h2-13H,1,14-15H2;/q-1;+1. The molecule has 2 aromatic rings. The van der Waals surface area contributed by atoms with Crippen molar-refractivity contribution in [2.24, 2.45) is 0 Å². The Morgan fingerprint density at radius 1 is 0.842 bits per heavy atom. The fourth-order valence-electron chi connectivity index (χ4n) is 1.95. The average Bonchev–Trinajstić information content (AvgIpc) is 2.41. The Balaban J connectivity index is 0.00000180. The smallest absolute Gasteiger partial charge is 0.352 e. The molecule has 0 saturated heterocycles. The van der Waals surface area contributed by atoms with Crippen LogP contribution >= 0.6 is 0 Å². The van der Waals surface area contributed by atoms with Gasteiger partial charge in [0.25, 0.3) is 0 Å². The molecule has 0 aliphatic rings. The van der Waals surface area contributed by atoms with E-state index >= 15 is 0 Å². The molecule has 0 aliphatic carbocycles. The third-order valence-electron chi connectivity index (χ3n) is 2.77. The number of benzene rings is 2. The van der Waals surface area contributed by atoms with Gasteiger partial charge in [-0.25, -0.2) is 12.7 Å². The van der Waals surface area contributed by atoms with Crippen LogP contribution < -0.4 is 18.9 Å². The third kappa shape index (κ3) is 5.40. The molecule has 0 aliphatic heterocycles. The zero-order chi connectivity index (χ0) is 12.6. The minimum absolute atomic E-state index is 0. The van der Waals surface area contributed by atoms with Gasteiger partial charge in [0, 0.05) is 13.1 Å². The molecule has 0 amide bonds. The maximum Gasteiger partial charge on any atom is 1.00 e. The first-order valence-electron chi connectivity index (χ1n) is 6.16. The van der Waals surface area contributed by atoms with Gasteiger partial charge < -0.3 is 4.90 Å². The van der Waals surface area contributed by atoms with E-state index in [0.717, 1.165) is 13.1 Å². The van der Waals surface area contributed by atoms with Gasteiger partial charge in [0.05, 0.1) is 0 Å². The Labute approximate surface area is 128 Å². The number of hydrogen-bond donors (Lipinski definition) is 0. The van der Waals surface area contributed by atoms with E-state index in [2.05, 4.69) is 60.0 Å². The van der Waals surface area contributed by atoms with Crippen LogP contribution in [0.4, 0.5) is 0 Å². The molecule has 1 nitrogen and oxygen atoms in total. The Morgan fingerprint density at radius 3 is 1.63 bits per heavy atom. The van der Waals surface area contributed by atoms with Crippen LogP contribution in [0.2, 0.25) is 0 Å². The van der Waals surface area contributed by atoms with Crippen molar-refractivity contribution < 1.29 is 18.9 Å². The van der Waals surface area contributed by atoms with E-state index in [-0.39, 0.29) is 18.9 Å². The van der Waals surface area contributed by atoms with Crippen LogP contribution in [0.1, 0.15) is 11.1 Å². The fourth-order valence-corrected chi connectivity index (χ4v) is 1.95. The van der Waals surface area contributed by atoms with E-state index < -0.39 is 0 Å². The van der Waals surface area contributed by atoms with Crippen molar-refractivity contribution in [2.45, 2.75) is 13.1 Å². The molecule has 0 saturated carbocycles. The van der Waals surface area contributed by atoms with Gasteiger partial charge in [0.15, 0.2) is 0 Å². The van der Waals surface area contributed by atoms with E-state index in [1.807, 2.05) is 24.8 Å². The van der Waals surface area contributed by atoms with Crippen LogP contribution in [-0.4, -0.2) is 4.90 Å². The summed E-state index contributed by atoms with van der Waals surface area (Å²) in [6.07, 6.45) is 1.84. The maximum absolute atomic E-state index is 3.79. The molecule has 0 spiro atoms.